The molecule has 1 saturated heterocycles. The molecular formula is C16H26N6O. The zero-order valence-electron chi connectivity index (χ0n) is 13.9. The Hall–Kier alpha value is -1.86. The van der Waals surface area contributed by atoms with E-state index in [0.29, 0.717) is 12.6 Å². The number of hydrogen-bond donors (Lipinski definition) is 3. The maximum Gasteiger partial charge on any atom is 0.216 e. The van der Waals surface area contributed by atoms with Crippen LogP contribution in [0, 0.1) is 0 Å². The first-order valence-electron chi connectivity index (χ1n) is 8.31. The van der Waals surface area contributed by atoms with Gasteiger partial charge < -0.3 is 20.4 Å². The van der Waals surface area contributed by atoms with E-state index in [2.05, 4.69) is 43.8 Å². The molecule has 3 heterocycles. The average molecular weight is 318 g/mol. The van der Waals surface area contributed by atoms with Crippen molar-refractivity contribution in [3.05, 3.63) is 18.3 Å². The SMILES string of the molecule is CC(=O)NCCN1c2cccnc2NC1NC1CCN(C)CC1. The van der Waals surface area contributed by atoms with E-state index in [1.165, 1.54) is 0 Å². The first kappa shape index (κ1) is 16.0. The molecule has 0 aromatic carbocycles. The number of anilines is 2. The van der Waals surface area contributed by atoms with E-state index in [9.17, 15) is 4.79 Å². The first-order valence-corrected chi connectivity index (χ1v) is 8.31. The molecule has 1 fully saturated rings. The van der Waals surface area contributed by atoms with Gasteiger partial charge in [0.25, 0.3) is 0 Å². The Balaban J connectivity index is 1.64. The maximum absolute atomic E-state index is 11.1. The highest BCUT2D eigenvalue weighted by molar-refractivity contribution is 5.74. The van der Waals surface area contributed by atoms with Crippen LogP contribution in [0.15, 0.2) is 18.3 Å². The summed E-state index contributed by atoms with van der Waals surface area (Å²) in [6, 6.07) is 4.52. The summed E-state index contributed by atoms with van der Waals surface area (Å²) in [5, 5.41) is 10.0. The van der Waals surface area contributed by atoms with Crippen LogP contribution in [0.2, 0.25) is 0 Å². The number of fused-ring (bicyclic) bond motifs is 1. The number of pyridine rings is 1. The van der Waals surface area contributed by atoms with Gasteiger partial charge in [0, 0.05) is 32.3 Å². The lowest BCUT2D eigenvalue weighted by atomic mass is 10.1. The quantitative estimate of drug-likeness (QED) is 0.731. The largest absolute Gasteiger partial charge is 0.355 e. The molecule has 0 bridgehead atoms. The van der Waals surface area contributed by atoms with Gasteiger partial charge in [-0.2, -0.15) is 0 Å². The van der Waals surface area contributed by atoms with Gasteiger partial charge in [0.1, 0.15) is 0 Å². The molecule has 0 radical (unpaired) electrons. The Morgan fingerprint density at radius 1 is 1.43 bits per heavy atom. The van der Waals surface area contributed by atoms with Crippen LogP contribution in [-0.2, 0) is 4.79 Å². The summed E-state index contributed by atoms with van der Waals surface area (Å²) in [5.74, 6) is 0.907. The van der Waals surface area contributed by atoms with Gasteiger partial charge in [-0.3, -0.25) is 10.1 Å². The molecule has 23 heavy (non-hydrogen) atoms. The van der Waals surface area contributed by atoms with E-state index < -0.39 is 0 Å². The summed E-state index contributed by atoms with van der Waals surface area (Å²) in [7, 11) is 2.17. The number of carbonyl (C=O) groups excluding carboxylic acids is 1. The van der Waals surface area contributed by atoms with Crippen molar-refractivity contribution in [3.8, 4) is 0 Å². The zero-order valence-corrected chi connectivity index (χ0v) is 13.9. The second kappa shape index (κ2) is 7.14. The minimum atomic E-state index is 0.00314. The van der Waals surface area contributed by atoms with Crippen molar-refractivity contribution < 1.29 is 4.79 Å². The van der Waals surface area contributed by atoms with Gasteiger partial charge in [-0.1, -0.05) is 0 Å². The van der Waals surface area contributed by atoms with E-state index in [1.54, 1.807) is 13.1 Å². The Morgan fingerprint density at radius 3 is 2.96 bits per heavy atom. The molecule has 0 saturated carbocycles. The van der Waals surface area contributed by atoms with Crippen LogP contribution in [0.3, 0.4) is 0 Å². The monoisotopic (exact) mass is 318 g/mol. The molecule has 1 unspecified atom stereocenters. The highest BCUT2D eigenvalue weighted by Crippen LogP contribution is 2.31. The van der Waals surface area contributed by atoms with E-state index in [-0.39, 0.29) is 12.2 Å². The van der Waals surface area contributed by atoms with Gasteiger partial charge in [0.05, 0.1) is 5.69 Å². The Morgan fingerprint density at radius 2 is 2.22 bits per heavy atom. The number of nitrogens with zero attached hydrogens (tertiary/aromatic N) is 3. The van der Waals surface area contributed by atoms with Crippen molar-refractivity contribution in [2.75, 3.05) is 43.4 Å². The number of hydrogen-bond acceptors (Lipinski definition) is 6. The van der Waals surface area contributed by atoms with Crippen molar-refractivity contribution in [3.63, 3.8) is 0 Å². The second-order valence-corrected chi connectivity index (χ2v) is 6.34. The van der Waals surface area contributed by atoms with Crippen LogP contribution in [0.25, 0.3) is 0 Å². The fraction of sp³-hybridized carbons (Fsp3) is 0.625. The van der Waals surface area contributed by atoms with Crippen LogP contribution in [0.4, 0.5) is 11.5 Å². The van der Waals surface area contributed by atoms with Crippen molar-refractivity contribution >= 4 is 17.4 Å². The van der Waals surface area contributed by atoms with Crippen molar-refractivity contribution in [1.82, 2.24) is 20.5 Å². The minimum absolute atomic E-state index is 0.00314. The molecule has 126 valence electrons. The molecule has 2 aliphatic heterocycles. The third-order valence-corrected chi connectivity index (χ3v) is 4.52. The summed E-state index contributed by atoms with van der Waals surface area (Å²) in [6.07, 6.45) is 4.13. The van der Waals surface area contributed by atoms with Crippen LogP contribution in [-0.4, -0.2) is 61.3 Å². The number of carbonyl (C=O) groups is 1. The summed E-state index contributed by atoms with van der Waals surface area (Å²) < 4.78 is 0. The summed E-state index contributed by atoms with van der Waals surface area (Å²) in [6.45, 7) is 5.17. The fourth-order valence-corrected chi connectivity index (χ4v) is 3.22. The smallest absolute Gasteiger partial charge is 0.216 e. The third-order valence-electron chi connectivity index (χ3n) is 4.52. The van der Waals surface area contributed by atoms with Gasteiger partial charge in [-0.15, -0.1) is 0 Å². The predicted octanol–water partition coefficient (Wildman–Crippen LogP) is 0.417. The van der Waals surface area contributed by atoms with Crippen molar-refractivity contribution in [2.45, 2.75) is 32.1 Å². The second-order valence-electron chi connectivity index (χ2n) is 6.34. The number of likely N-dealkylation sites (tertiary alicyclic amines) is 1. The summed E-state index contributed by atoms with van der Waals surface area (Å²) in [4.78, 5) is 20.1. The normalized spacial score (nSPS) is 21.8. The Labute approximate surface area is 137 Å². The Bertz CT molecular complexity index is 543. The molecule has 1 atom stereocenters. The summed E-state index contributed by atoms with van der Waals surface area (Å²) in [5.41, 5.74) is 1.09. The van der Waals surface area contributed by atoms with Gasteiger partial charge in [-0.25, -0.2) is 4.98 Å². The van der Waals surface area contributed by atoms with Crippen molar-refractivity contribution in [2.24, 2.45) is 0 Å². The molecule has 3 N–H and O–H groups in total. The first-order chi connectivity index (χ1) is 11.1. The molecule has 7 heteroatoms. The van der Waals surface area contributed by atoms with Crippen LogP contribution in [0.1, 0.15) is 19.8 Å². The molecular weight excluding hydrogens is 292 g/mol. The highest BCUT2D eigenvalue weighted by Gasteiger charge is 2.31. The lowest BCUT2D eigenvalue weighted by Gasteiger charge is -2.35. The molecule has 1 amide bonds. The molecule has 1 aromatic heterocycles. The topological polar surface area (TPSA) is 72.5 Å². The lowest BCUT2D eigenvalue weighted by molar-refractivity contribution is -0.118. The molecule has 2 aliphatic rings. The van der Waals surface area contributed by atoms with Crippen LogP contribution < -0.4 is 20.9 Å². The lowest BCUT2D eigenvalue weighted by Crippen LogP contribution is -2.55. The standard InChI is InChI=1S/C16H26N6O/c1-12(23)17-8-11-22-14-4-3-7-18-15(14)20-16(22)19-13-5-9-21(2)10-6-13/h3-4,7,13,16,19H,5-6,8-11H2,1-2H3,(H,17,23)(H,18,20). The third kappa shape index (κ3) is 3.92. The van der Waals surface area contributed by atoms with Crippen molar-refractivity contribution in [1.29, 1.82) is 0 Å². The van der Waals surface area contributed by atoms with Gasteiger partial charge >= 0.3 is 0 Å². The molecule has 0 aliphatic carbocycles. The number of rotatable bonds is 5. The highest BCUT2D eigenvalue weighted by atomic mass is 16.1. The van der Waals surface area contributed by atoms with Crippen LogP contribution >= 0.6 is 0 Å². The Kier molecular flexibility index (Phi) is 4.97. The number of nitrogens with one attached hydrogen (secondary N) is 3. The van der Waals surface area contributed by atoms with E-state index >= 15 is 0 Å². The van der Waals surface area contributed by atoms with E-state index in [1.807, 2.05) is 6.07 Å². The molecule has 0 spiro atoms. The zero-order chi connectivity index (χ0) is 16.2. The number of piperidine rings is 1. The van der Waals surface area contributed by atoms with E-state index in [0.717, 1.165) is 44.0 Å². The summed E-state index contributed by atoms with van der Waals surface area (Å²) >= 11 is 0. The average Bonchev–Trinajstić information content (AvgIpc) is 2.87. The molecule has 1 aromatic rings. The number of aromatic nitrogens is 1. The van der Waals surface area contributed by atoms with E-state index in [4.69, 9.17) is 0 Å². The minimum Gasteiger partial charge on any atom is -0.355 e. The van der Waals surface area contributed by atoms with Crippen LogP contribution in [0.5, 0.6) is 0 Å². The van der Waals surface area contributed by atoms with Gasteiger partial charge in [0.2, 0.25) is 5.91 Å². The molecule has 3 rings (SSSR count). The number of amides is 1. The maximum atomic E-state index is 11.1. The van der Waals surface area contributed by atoms with Gasteiger partial charge in [0.15, 0.2) is 12.1 Å². The fourth-order valence-electron chi connectivity index (χ4n) is 3.22. The van der Waals surface area contributed by atoms with Gasteiger partial charge in [-0.05, 0) is 45.1 Å². The molecule has 7 nitrogen and oxygen atoms in total. The predicted molar refractivity (Wildman–Crippen MR) is 91.3 cm³/mol.